The van der Waals surface area contributed by atoms with Crippen molar-refractivity contribution < 1.29 is 4.79 Å². The second kappa shape index (κ2) is 10.7. The molecule has 204 valence electrons. The lowest BCUT2D eigenvalue weighted by Gasteiger charge is -2.35. The molecule has 2 fully saturated rings. The van der Waals surface area contributed by atoms with Gasteiger partial charge in [-0.2, -0.15) is 0 Å². The van der Waals surface area contributed by atoms with E-state index in [9.17, 15) is 4.79 Å². The van der Waals surface area contributed by atoms with Gasteiger partial charge in [-0.25, -0.2) is 4.98 Å². The number of hydrogen-bond acceptors (Lipinski definition) is 5. The molecule has 0 amide bonds. The van der Waals surface area contributed by atoms with Gasteiger partial charge >= 0.3 is 0 Å². The van der Waals surface area contributed by atoms with Crippen molar-refractivity contribution in [3.05, 3.63) is 90.0 Å². The summed E-state index contributed by atoms with van der Waals surface area (Å²) in [6, 6.07) is 28.1. The SMILES string of the molecule is O=CC1(CCCCN2CCN(c3ccc4ccccc4n3)CC2)c2ccccc2-c2ccc(N3CCCC3)cc21. The van der Waals surface area contributed by atoms with Crippen LogP contribution in [0.2, 0.25) is 0 Å². The zero-order chi connectivity index (χ0) is 26.9. The summed E-state index contributed by atoms with van der Waals surface area (Å²) in [7, 11) is 0. The number of anilines is 2. The summed E-state index contributed by atoms with van der Waals surface area (Å²) in [5.41, 5.74) is 6.67. The average Bonchev–Trinajstić information content (AvgIpc) is 3.65. The zero-order valence-corrected chi connectivity index (χ0v) is 23.3. The van der Waals surface area contributed by atoms with Crippen LogP contribution < -0.4 is 9.80 Å². The average molecular weight is 531 g/mol. The molecule has 0 bridgehead atoms. The van der Waals surface area contributed by atoms with E-state index in [0.29, 0.717) is 0 Å². The van der Waals surface area contributed by atoms with Gasteiger partial charge in [-0.15, -0.1) is 0 Å². The second-order valence-electron chi connectivity index (χ2n) is 11.7. The molecule has 3 heterocycles. The van der Waals surface area contributed by atoms with Crippen molar-refractivity contribution in [1.29, 1.82) is 0 Å². The van der Waals surface area contributed by atoms with Crippen molar-refractivity contribution in [3.63, 3.8) is 0 Å². The van der Waals surface area contributed by atoms with Crippen LogP contribution in [0.25, 0.3) is 22.0 Å². The number of aldehydes is 1. The Balaban J connectivity index is 1.00. The predicted molar refractivity (Wildman–Crippen MR) is 164 cm³/mol. The van der Waals surface area contributed by atoms with Gasteiger partial charge in [-0.3, -0.25) is 4.90 Å². The monoisotopic (exact) mass is 530 g/mol. The number of carbonyl (C=O) groups excluding carboxylic acids is 1. The van der Waals surface area contributed by atoms with Crippen LogP contribution in [0, 0.1) is 0 Å². The van der Waals surface area contributed by atoms with Crippen LogP contribution in [0.1, 0.15) is 43.2 Å². The number of fused-ring (bicyclic) bond motifs is 4. The molecule has 5 heteroatoms. The molecule has 3 aromatic carbocycles. The molecule has 0 N–H and O–H groups in total. The van der Waals surface area contributed by atoms with Crippen LogP contribution in [-0.2, 0) is 10.2 Å². The lowest BCUT2D eigenvalue weighted by Crippen LogP contribution is -2.47. The van der Waals surface area contributed by atoms with Crippen LogP contribution in [-0.4, -0.2) is 62.0 Å². The van der Waals surface area contributed by atoms with E-state index in [1.54, 1.807) is 0 Å². The fourth-order valence-electron chi connectivity index (χ4n) is 7.19. The quantitative estimate of drug-likeness (QED) is 0.198. The van der Waals surface area contributed by atoms with Crippen LogP contribution in [0.5, 0.6) is 0 Å². The van der Waals surface area contributed by atoms with Crippen molar-refractivity contribution in [2.75, 3.05) is 55.6 Å². The number of hydrogen-bond donors (Lipinski definition) is 0. The largest absolute Gasteiger partial charge is 0.372 e. The number of unbranched alkanes of at least 4 members (excludes halogenated alkanes) is 1. The van der Waals surface area contributed by atoms with Crippen molar-refractivity contribution in [3.8, 4) is 11.1 Å². The van der Waals surface area contributed by atoms with Gasteiger partial charge in [0.25, 0.3) is 0 Å². The van der Waals surface area contributed by atoms with Crippen LogP contribution in [0.15, 0.2) is 78.9 Å². The number of pyridine rings is 1. The van der Waals surface area contributed by atoms with Gasteiger partial charge < -0.3 is 14.6 Å². The highest BCUT2D eigenvalue weighted by Gasteiger charge is 2.43. The van der Waals surface area contributed by atoms with Crippen molar-refractivity contribution in [2.45, 2.75) is 37.5 Å². The molecule has 1 unspecified atom stereocenters. The molecule has 0 saturated carbocycles. The molecule has 3 aliphatic rings. The number of benzene rings is 3. The maximum Gasteiger partial charge on any atom is 0.134 e. The van der Waals surface area contributed by atoms with Gasteiger partial charge in [-0.1, -0.05) is 55.0 Å². The fourth-order valence-corrected chi connectivity index (χ4v) is 7.19. The first-order chi connectivity index (χ1) is 19.7. The summed E-state index contributed by atoms with van der Waals surface area (Å²) in [4.78, 5) is 25.4. The predicted octanol–water partition coefficient (Wildman–Crippen LogP) is 6.29. The van der Waals surface area contributed by atoms with E-state index in [-0.39, 0.29) is 0 Å². The Hall–Kier alpha value is -3.70. The summed E-state index contributed by atoms with van der Waals surface area (Å²) < 4.78 is 0. The van der Waals surface area contributed by atoms with Crippen LogP contribution >= 0.6 is 0 Å². The number of carbonyl (C=O) groups is 1. The van der Waals surface area contributed by atoms with Crippen LogP contribution in [0.3, 0.4) is 0 Å². The smallest absolute Gasteiger partial charge is 0.134 e. The van der Waals surface area contributed by atoms with E-state index in [2.05, 4.69) is 93.6 Å². The molecule has 5 nitrogen and oxygen atoms in total. The fraction of sp³-hybridized carbons (Fsp3) is 0.371. The molecule has 40 heavy (non-hydrogen) atoms. The Morgan fingerprint density at radius 3 is 2.35 bits per heavy atom. The number of para-hydroxylation sites is 1. The van der Waals surface area contributed by atoms with Gasteiger partial charge in [0.15, 0.2) is 0 Å². The first-order valence-electron chi connectivity index (χ1n) is 15.0. The lowest BCUT2D eigenvalue weighted by molar-refractivity contribution is -0.111. The molecule has 2 aliphatic heterocycles. The van der Waals surface area contributed by atoms with Crippen molar-refractivity contribution in [2.24, 2.45) is 0 Å². The minimum Gasteiger partial charge on any atom is -0.372 e. The molecule has 7 rings (SSSR count). The normalized spacial score (nSPS) is 20.6. The van der Waals surface area contributed by atoms with E-state index < -0.39 is 5.41 Å². The molecule has 2 saturated heterocycles. The first kappa shape index (κ1) is 25.3. The first-order valence-corrected chi connectivity index (χ1v) is 15.0. The lowest BCUT2D eigenvalue weighted by atomic mass is 9.75. The Kier molecular flexibility index (Phi) is 6.76. The summed E-state index contributed by atoms with van der Waals surface area (Å²) in [6.07, 6.45) is 6.76. The molecule has 1 aliphatic carbocycles. The minimum atomic E-state index is -0.540. The van der Waals surface area contributed by atoms with Gasteiger partial charge in [0.05, 0.1) is 10.9 Å². The standard InChI is InChI=1S/C35H38N4O/c40-26-35(31-11-3-2-10-29(31)30-15-14-28(25-32(30)35)38-19-7-8-20-38)17-5-6-18-37-21-23-39(24-22-37)34-16-13-27-9-1-4-12-33(27)36-34/h1-4,9-16,25-26H,5-8,17-24H2. The van der Waals surface area contributed by atoms with Gasteiger partial charge in [0.1, 0.15) is 12.1 Å². The number of piperazine rings is 1. The minimum absolute atomic E-state index is 0.540. The highest BCUT2D eigenvalue weighted by molar-refractivity contribution is 5.92. The molecule has 1 aromatic heterocycles. The maximum absolute atomic E-state index is 13.0. The Bertz CT molecular complexity index is 1520. The van der Waals surface area contributed by atoms with E-state index in [1.165, 1.54) is 52.5 Å². The van der Waals surface area contributed by atoms with Gasteiger partial charge in [0.2, 0.25) is 0 Å². The van der Waals surface area contributed by atoms with E-state index in [0.717, 1.165) is 76.4 Å². The number of nitrogens with zero attached hydrogens (tertiary/aromatic N) is 4. The highest BCUT2D eigenvalue weighted by atomic mass is 16.1. The second-order valence-corrected chi connectivity index (χ2v) is 11.7. The third-order valence-electron chi connectivity index (χ3n) is 9.43. The zero-order valence-electron chi connectivity index (χ0n) is 23.3. The van der Waals surface area contributed by atoms with Crippen molar-refractivity contribution >= 4 is 28.7 Å². The van der Waals surface area contributed by atoms with E-state index in [1.807, 2.05) is 0 Å². The summed E-state index contributed by atoms with van der Waals surface area (Å²) in [5, 5.41) is 1.19. The van der Waals surface area contributed by atoms with E-state index in [4.69, 9.17) is 4.98 Å². The highest BCUT2D eigenvalue weighted by Crippen LogP contribution is 2.51. The molecular formula is C35H38N4O. The Morgan fingerprint density at radius 2 is 1.50 bits per heavy atom. The topological polar surface area (TPSA) is 39.7 Å². The molecule has 0 spiro atoms. The third kappa shape index (κ3) is 4.46. The number of rotatable bonds is 8. The Labute approximate surface area is 237 Å². The van der Waals surface area contributed by atoms with Gasteiger partial charge in [0, 0.05) is 50.3 Å². The summed E-state index contributed by atoms with van der Waals surface area (Å²) in [5.74, 6) is 1.08. The summed E-state index contributed by atoms with van der Waals surface area (Å²) in [6.45, 7) is 7.42. The number of aromatic nitrogens is 1. The van der Waals surface area contributed by atoms with Crippen LogP contribution in [0.4, 0.5) is 11.5 Å². The summed E-state index contributed by atoms with van der Waals surface area (Å²) >= 11 is 0. The van der Waals surface area contributed by atoms with Gasteiger partial charge in [-0.05, 0) is 84.8 Å². The molecule has 4 aromatic rings. The molecule has 1 atom stereocenters. The molecule has 0 radical (unpaired) electrons. The Morgan fingerprint density at radius 1 is 0.725 bits per heavy atom. The third-order valence-corrected chi connectivity index (χ3v) is 9.43. The molecular weight excluding hydrogens is 492 g/mol. The maximum atomic E-state index is 13.0. The van der Waals surface area contributed by atoms with E-state index >= 15 is 0 Å². The van der Waals surface area contributed by atoms with Crippen molar-refractivity contribution in [1.82, 2.24) is 9.88 Å².